The number of aliphatic imine (C=N–C) groups is 1. The Morgan fingerprint density at radius 1 is 1.57 bits per heavy atom. The number of alkyl halides is 1. The standard InChI is InChI=1S/C10H14IN3/c1-7-6-8(2)14-10(12-3)9(7)13-5-4-11/h5-6H,4H2,1-3H3,(H,12,14)/b13-5+. The van der Waals surface area contributed by atoms with Crippen molar-refractivity contribution in [2.75, 3.05) is 16.8 Å². The Morgan fingerprint density at radius 3 is 2.86 bits per heavy atom. The lowest BCUT2D eigenvalue weighted by Gasteiger charge is -2.08. The fraction of sp³-hybridized carbons (Fsp3) is 0.400. The summed E-state index contributed by atoms with van der Waals surface area (Å²) in [5.74, 6) is 0.851. The molecule has 0 radical (unpaired) electrons. The minimum Gasteiger partial charge on any atom is -0.371 e. The monoisotopic (exact) mass is 303 g/mol. The summed E-state index contributed by atoms with van der Waals surface area (Å²) in [6.07, 6.45) is 1.89. The summed E-state index contributed by atoms with van der Waals surface area (Å²) >= 11 is 2.27. The topological polar surface area (TPSA) is 37.3 Å². The van der Waals surface area contributed by atoms with E-state index in [0.29, 0.717) is 0 Å². The Morgan fingerprint density at radius 2 is 2.29 bits per heavy atom. The second-order valence-corrected chi connectivity index (χ2v) is 3.87. The third kappa shape index (κ3) is 2.67. The summed E-state index contributed by atoms with van der Waals surface area (Å²) in [5, 5.41) is 3.06. The zero-order valence-electron chi connectivity index (χ0n) is 8.63. The molecule has 0 bridgehead atoms. The van der Waals surface area contributed by atoms with Gasteiger partial charge in [0.2, 0.25) is 0 Å². The van der Waals surface area contributed by atoms with E-state index in [9.17, 15) is 0 Å². The van der Waals surface area contributed by atoms with Crippen LogP contribution >= 0.6 is 22.6 Å². The molecule has 0 spiro atoms. The van der Waals surface area contributed by atoms with Crippen LogP contribution < -0.4 is 5.32 Å². The first kappa shape index (κ1) is 11.4. The van der Waals surface area contributed by atoms with E-state index in [-0.39, 0.29) is 0 Å². The molecule has 0 aromatic carbocycles. The van der Waals surface area contributed by atoms with E-state index < -0.39 is 0 Å². The zero-order chi connectivity index (χ0) is 10.6. The van der Waals surface area contributed by atoms with Crippen molar-refractivity contribution < 1.29 is 0 Å². The molecule has 0 atom stereocenters. The van der Waals surface area contributed by atoms with Gasteiger partial charge in [-0.2, -0.15) is 0 Å². The summed E-state index contributed by atoms with van der Waals surface area (Å²) in [4.78, 5) is 8.76. The number of aromatic nitrogens is 1. The SMILES string of the molecule is CNc1nc(C)cc(C)c1/N=C/CI. The molecule has 0 saturated carbocycles. The maximum absolute atomic E-state index is 4.38. The number of nitrogens with zero attached hydrogens (tertiary/aromatic N) is 2. The molecule has 0 unspecified atom stereocenters. The van der Waals surface area contributed by atoms with Gasteiger partial charge < -0.3 is 5.32 Å². The molecule has 0 aliphatic rings. The predicted molar refractivity (Wildman–Crippen MR) is 70.3 cm³/mol. The van der Waals surface area contributed by atoms with Gasteiger partial charge in [-0.15, -0.1) is 0 Å². The van der Waals surface area contributed by atoms with Crippen LogP contribution in [0.25, 0.3) is 0 Å². The van der Waals surface area contributed by atoms with Gasteiger partial charge >= 0.3 is 0 Å². The number of aryl methyl sites for hydroxylation is 2. The molecule has 0 amide bonds. The number of nitrogens with one attached hydrogen (secondary N) is 1. The van der Waals surface area contributed by atoms with E-state index in [1.807, 2.05) is 26.3 Å². The molecule has 0 aliphatic carbocycles. The third-order valence-corrected chi connectivity index (χ3v) is 2.23. The van der Waals surface area contributed by atoms with Gasteiger partial charge in [-0.3, -0.25) is 4.99 Å². The van der Waals surface area contributed by atoms with Gasteiger partial charge in [0.1, 0.15) is 5.69 Å². The van der Waals surface area contributed by atoms with Crippen molar-refractivity contribution >= 4 is 40.3 Å². The highest BCUT2D eigenvalue weighted by Gasteiger charge is 2.04. The molecule has 1 heterocycles. The number of pyridine rings is 1. The lowest BCUT2D eigenvalue weighted by molar-refractivity contribution is 1.16. The van der Waals surface area contributed by atoms with Crippen LogP contribution in [0.1, 0.15) is 11.3 Å². The fourth-order valence-corrected chi connectivity index (χ4v) is 1.49. The Hall–Kier alpha value is -0.650. The van der Waals surface area contributed by atoms with Crippen LogP contribution in [0.15, 0.2) is 11.1 Å². The summed E-state index contributed by atoms with van der Waals surface area (Å²) in [6, 6.07) is 2.04. The maximum atomic E-state index is 4.38. The number of halogens is 1. The Bertz CT molecular complexity index is 347. The Kier molecular flexibility index (Phi) is 4.31. The van der Waals surface area contributed by atoms with Gasteiger partial charge in [0.25, 0.3) is 0 Å². The molecule has 76 valence electrons. The van der Waals surface area contributed by atoms with Crippen LogP contribution in [0.4, 0.5) is 11.5 Å². The molecular weight excluding hydrogens is 289 g/mol. The van der Waals surface area contributed by atoms with Crippen LogP contribution in [0.3, 0.4) is 0 Å². The number of hydrogen-bond acceptors (Lipinski definition) is 3. The van der Waals surface area contributed by atoms with Crippen LogP contribution in [0.2, 0.25) is 0 Å². The van der Waals surface area contributed by atoms with Gasteiger partial charge in [0, 0.05) is 23.4 Å². The quantitative estimate of drug-likeness (QED) is 0.529. The largest absolute Gasteiger partial charge is 0.371 e. The Balaban J connectivity index is 3.18. The molecule has 0 aliphatic heterocycles. The van der Waals surface area contributed by atoms with Crippen molar-refractivity contribution in [3.05, 3.63) is 17.3 Å². The first-order valence-electron chi connectivity index (χ1n) is 4.43. The minimum absolute atomic E-state index is 0.851. The molecular formula is C10H14IN3. The van der Waals surface area contributed by atoms with Crippen molar-refractivity contribution in [2.45, 2.75) is 13.8 Å². The fourth-order valence-electron chi connectivity index (χ4n) is 1.29. The molecule has 1 aromatic heterocycles. The summed E-state index contributed by atoms with van der Waals surface area (Å²) in [7, 11) is 1.87. The van der Waals surface area contributed by atoms with Crippen molar-refractivity contribution in [3.63, 3.8) is 0 Å². The van der Waals surface area contributed by atoms with E-state index in [0.717, 1.165) is 27.2 Å². The molecule has 0 saturated heterocycles. The van der Waals surface area contributed by atoms with E-state index in [4.69, 9.17) is 0 Å². The molecule has 3 nitrogen and oxygen atoms in total. The third-order valence-electron chi connectivity index (χ3n) is 1.84. The molecule has 1 N–H and O–H groups in total. The van der Waals surface area contributed by atoms with Crippen molar-refractivity contribution in [1.29, 1.82) is 0 Å². The number of anilines is 1. The minimum atomic E-state index is 0.851. The van der Waals surface area contributed by atoms with Gasteiger partial charge in [0.05, 0.1) is 0 Å². The Labute approximate surface area is 98.2 Å². The van der Waals surface area contributed by atoms with Crippen molar-refractivity contribution in [2.24, 2.45) is 4.99 Å². The highest BCUT2D eigenvalue weighted by atomic mass is 127. The number of hydrogen-bond donors (Lipinski definition) is 1. The normalized spacial score (nSPS) is 10.9. The maximum Gasteiger partial charge on any atom is 0.152 e. The first-order chi connectivity index (χ1) is 6.69. The van der Waals surface area contributed by atoms with Crippen LogP contribution in [-0.2, 0) is 0 Å². The predicted octanol–water partition coefficient (Wildman–Crippen LogP) is 2.88. The van der Waals surface area contributed by atoms with Gasteiger partial charge in [-0.25, -0.2) is 4.98 Å². The lowest BCUT2D eigenvalue weighted by atomic mass is 10.2. The second-order valence-electron chi connectivity index (χ2n) is 2.99. The highest BCUT2D eigenvalue weighted by Crippen LogP contribution is 2.26. The molecule has 1 aromatic rings. The molecule has 14 heavy (non-hydrogen) atoms. The second kappa shape index (κ2) is 5.29. The summed E-state index contributed by atoms with van der Waals surface area (Å²) < 4.78 is 0.911. The summed E-state index contributed by atoms with van der Waals surface area (Å²) in [5.41, 5.74) is 3.11. The average Bonchev–Trinajstić information content (AvgIpc) is 2.15. The van der Waals surface area contributed by atoms with E-state index >= 15 is 0 Å². The van der Waals surface area contributed by atoms with Crippen molar-refractivity contribution in [3.8, 4) is 0 Å². The van der Waals surface area contributed by atoms with Crippen LogP contribution in [0.5, 0.6) is 0 Å². The van der Waals surface area contributed by atoms with Crippen molar-refractivity contribution in [1.82, 2.24) is 4.98 Å². The highest BCUT2D eigenvalue weighted by molar-refractivity contribution is 14.1. The lowest BCUT2D eigenvalue weighted by Crippen LogP contribution is -1.96. The smallest absolute Gasteiger partial charge is 0.152 e. The van der Waals surface area contributed by atoms with Gasteiger partial charge in [-0.05, 0) is 25.5 Å². The average molecular weight is 303 g/mol. The van der Waals surface area contributed by atoms with E-state index in [2.05, 4.69) is 44.8 Å². The molecule has 4 heteroatoms. The van der Waals surface area contributed by atoms with Crippen LogP contribution in [-0.4, -0.2) is 22.7 Å². The van der Waals surface area contributed by atoms with E-state index in [1.54, 1.807) is 0 Å². The zero-order valence-corrected chi connectivity index (χ0v) is 10.8. The van der Waals surface area contributed by atoms with Gasteiger partial charge in [-0.1, -0.05) is 22.6 Å². The first-order valence-corrected chi connectivity index (χ1v) is 5.96. The van der Waals surface area contributed by atoms with E-state index in [1.165, 1.54) is 0 Å². The van der Waals surface area contributed by atoms with Crippen LogP contribution in [0, 0.1) is 13.8 Å². The van der Waals surface area contributed by atoms with Gasteiger partial charge in [0.15, 0.2) is 5.82 Å². The number of rotatable bonds is 3. The summed E-state index contributed by atoms with van der Waals surface area (Å²) in [6.45, 7) is 4.04. The molecule has 1 rings (SSSR count). The molecule has 0 fully saturated rings.